The van der Waals surface area contributed by atoms with Gasteiger partial charge in [-0.3, -0.25) is 4.79 Å². The van der Waals surface area contributed by atoms with Crippen LogP contribution in [0.15, 0.2) is 72.8 Å². The number of imidazole rings is 1. The Morgan fingerprint density at radius 2 is 1.82 bits per heavy atom. The fourth-order valence-electron chi connectivity index (χ4n) is 4.17. The highest BCUT2D eigenvalue weighted by atomic mass is 16.5. The summed E-state index contributed by atoms with van der Waals surface area (Å²) in [7, 11) is 0. The van der Waals surface area contributed by atoms with Crippen molar-refractivity contribution in [2.45, 2.75) is 52.6 Å². The number of aryl methyl sites for hydroxylation is 3. The Hall–Kier alpha value is -3.60. The summed E-state index contributed by atoms with van der Waals surface area (Å²) in [6.07, 6.45) is 2.93. The number of hydrogen-bond donors (Lipinski definition) is 1. The molecule has 176 valence electrons. The van der Waals surface area contributed by atoms with Gasteiger partial charge in [0.1, 0.15) is 11.6 Å². The largest absolute Gasteiger partial charge is 0.494 e. The van der Waals surface area contributed by atoms with Crippen molar-refractivity contribution in [2.24, 2.45) is 0 Å². The Labute approximate surface area is 201 Å². The third-order valence-electron chi connectivity index (χ3n) is 6.08. The van der Waals surface area contributed by atoms with E-state index in [1.54, 1.807) is 0 Å². The van der Waals surface area contributed by atoms with Crippen molar-refractivity contribution in [2.75, 3.05) is 6.61 Å². The molecule has 1 unspecified atom stereocenters. The van der Waals surface area contributed by atoms with E-state index in [0.717, 1.165) is 54.0 Å². The number of benzene rings is 3. The summed E-state index contributed by atoms with van der Waals surface area (Å²) >= 11 is 0. The molecule has 3 aromatic carbocycles. The summed E-state index contributed by atoms with van der Waals surface area (Å²) in [5.41, 5.74) is 5.08. The second-order valence-electron chi connectivity index (χ2n) is 8.73. The quantitative estimate of drug-likeness (QED) is 0.287. The van der Waals surface area contributed by atoms with Crippen LogP contribution in [0.4, 0.5) is 0 Å². The number of fused-ring (bicyclic) bond motifs is 1. The van der Waals surface area contributed by atoms with Crippen molar-refractivity contribution in [3.05, 3.63) is 95.3 Å². The normalized spacial score (nSPS) is 12.0. The Kier molecular flexibility index (Phi) is 7.63. The lowest BCUT2D eigenvalue weighted by molar-refractivity contribution is 0.0937. The van der Waals surface area contributed by atoms with Crippen molar-refractivity contribution < 1.29 is 9.53 Å². The number of ether oxygens (including phenoxy) is 1. The number of hydrogen-bond acceptors (Lipinski definition) is 3. The molecule has 4 rings (SSSR count). The molecular weight excluding hydrogens is 422 g/mol. The van der Waals surface area contributed by atoms with E-state index in [2.05, 4.69) is 35.0 Å². The van der Waals surface area contributed by atoms with Crippen LogP contribution in [0.25, 0.3) is 11.0 Å². The number of nitrogens with one attached hydrogen (secondary N) is 1. The Morgan fingerprint density at radius 1 is 1.03 bits per heavy atom. The predicted octanol–water partition coefficient (Wildman–Crippen LogP) is 6.26. The molecule has 1 amide bonds. The van der Waals surface area contributed by atoms with Gasteiger partial charge in [-0.25, -0.2) is 4.98 Å². The van der Waals surface area contributed by atoms with Crippen molar-refractivity contribution in [1.29, 1.82) is 0 Å². The highest BCUT2D eigenvalue weighted by Gasteiger charge is 2.19. The van der Waals surface area contributed by atoms with Crippen LogP contribution in [0.5, 0.6) is 5.75 Å². The topological polar surface area (TPSA) is 56.1 Å². The highest BCUT2D eigenvalue weighted by molar-refractivity contribution is 5.94. The molecule has 0 fully saturated rings. The van der Waals surface area contributed by atoms with Crippen LogP contribution < -0.4 is 10.1 Å². The van der Waals surface area contributed by atoms with Crippen molar-refractivity contribution in [3.8, 4) is 5.75 Å². The van der Waals surface area contributed by atoms with E-state index < -0.39 is 0 Å². The monoisotopic (exact) mass is 455 g/mol. The Balaban J connectivity index is 1.40. The van der Waals surface area contributed by atoms with Crippen molar-refractivity contribution in [3.63, 3.8) is 0 Å². The molecule has 0 saturated heterocycles. The van der Waals surface area contributed by atoms with E-state index >= 15 is 0 Å². The lowest BCUT2D eigenvalue weighted by Gasteiger charge is -2.17. The SMILES string of the molecule is CCc1ccc(OCCCCn2c(C(C)NC(=O)c3cccc(C)c3)nc3ccccc32)cc1. The van der Waals surface area contributed by atoms with E-state index in [1.165, 1.54) is 5.56 Å². The first kappa shape index (κ1) is 23.6. The first-order valence-electron chi connectivity index (χ1n) is 12.1. The van der Waals surface area contributed by atoms with Crippen LogP contribution in [-0.2, 0) is 13.0 Å². The third-order valence-corrected chi connectivity index (χ3v) is 6.08. The summed E-state index contributed by atoms with van der Waals surface area (Å²) in [4.78, 5) is 17.7. The number of rotatable bonds is 10. The van der Waals surface area contributed by atoms with E-state index in [4.69, 9.17) is 9.72 Å². The molecule has 5 heteroatoms. The highest BCUT2D eigenvalue weighted by Crippen LogP contribution is 2.22. The molecule has 0 saturated carbocycles. The minimum absolute atomic E-state index is 0.0858. The standard InChI is InChI=1S/C29H33N3O2/c1-4-23-14-16-25(17-15-23)34-19-8-7-18-32-27-13-6-5-12-26(27)31-28(32)22(3)30-29(33)24-11-9-10-21(2)20-24/h5-6,9-17,20,22H,4,7-8,18-19H2,1-3H3,(H,30,33). The summed E-state index contributed by atoms with van der Waals surface area (Å²) in [6.45, 7) is 7.63. The molecule has 0 aliphatic heterocycles. The maximum atomic E-state index is 12.8. The zero-order valence-electron chi connectivity index (χ0n) is 20.3. The van der Waals surface area contributed by atoms with Crippen LogP contribution >= 0.6 is 0 Å². The number of nitrogens with zero attached hydrogens (tertiary/aromatic N) is 2. The number of para-hydroxylation sites is 2. The molecule has 1 atom stereocenters. The summed E-state index contributed by atoms with van der Waals surface area (Å²) < 4.78 is 8.15. The summed E-state index contributed by atoms with van der Waals surface area (Å²) in [6, 6.07) is 23.9. The van der Waals surface area contributed by atoms with Crippen LogP contribution in [0.1, 0.15) is 60.0 Å². The van der Waals surface area contributed by atoms with Crippen LogP contribution in [0.3, 0.4) is 0 Å². The van der Waals surface area contributed by atoms with E-state index in [1.807, 2.05) is 68.4 Å². The van der Waals surface area contributed by atoms with Gasteiger partial charge in [0.25, 0.3) is 5.91 Å². The first-order chi connectivity index (χ1) is 16.5. The minimum atomic E-state index is -0.214. The molecule has 5 nitrogen and oxygen atoms in total. The molecule has 34 heavy (non-hydrogen) atoms. The molecule has 0 aliphatic rings. The van der Waals surface area contributed by atoms with Gasteiger partial charge < -0.3 is 14.6 Å². The molecule has 0 bridgehead atoms. The van der Waals surface area contributed by atoms with Crippen molar-refractivity contribution >= 4 is 16.9 Å². The summed E-state index contributed by atoms with van der Waals surface area (Å²) in [5.74, 6) is 1.70. The van der Waals surface area contributed by atoms with Gasteiger partial charge in [0.05, 0.1) is 23.7 Å². The van der Waals surface area contributed by atoms with Gasteiger partial charge in [0.15, 0.2) is 0 Å². The number of carbonyl (C=O) groups excluding carboxylic acids is 1. The molecule has 1 heterocycles. The van der Waals surface area contributed by atoms with Gasteiger partial charge in [0, 0.05) is 12.1 Å². The van der Waals surface area contributed by atoms with E-state index in [0.29, 0.717) is 12.2 Å². The predicted molar refractivity (Wildman–Crippen MR) is 137 cm³/mol. The van der Waals surface area contributed by atoms with Crippen LogP contribution in [0.2, 0.25) is 0 Å². The number of carbonyl (C=O) groups is 1. The van der Waals surface area contributed by atoms with Gasteiger partial charge in [-0.15, -0.1) is 0 Å². The van der Waals surface area contributed by atoms with Gasteiger partial charge in [-0.1, -0.05) is 48.9 Å². The maximum absolute atomic E-state index is 12.8. The fraction of sp³-hybridized carbons (Fsp3) is 0.310. The molecule has 0 spiro atoms. The van der Waals surface area contributed by atoms with E-state index in [-0.39, 0.29) is 11.9 Å². The zero-order chi connectivity index (χ0) is 23.9. The average Bonchev–Trinajstić information content (AvgIpc) is 3.23. The van der Waals surface area contributed by atoms with E-state index in [9.17, 15) is 4.79 Å². The molecule has 0 radical (unpaired) electrons. The first-order valence-corrected chi connectivity index (χ1v) is 12.1. The second kappa shape index (κ2) is 11.0. The zero-order valence-corrected chi connectivity index (χ0v) is 20.3. The molecule has 1 N–H and O–H groups in total. The lowest BCUT2D eigenvalue weighted by atomic mass is 10.1. The minimum Gasteiger partial charge on any atom is -0.494 e. The van der Waals surface area contributed by atoms with Gasteiger partial charge in [-0.2, -0.15) is 0 Å². The third kappa shape index (κ3) is 5.66. The smallest absolute Gasteiger partial charge is 0.251 e. The molecule has 1 aromatic heterocycles. The maximum Gasteiger partial charge on any atom is 0.251 e. The average molecular weight is 456 g/mol. The van der Waals surface area contributed by atoms with Crippen molar-refractivity contribution in [1.82, 2.24) is 14.9 Å². The van der Waals surface area contributed by atoms with Gasteiger partial charge in [-0.05, 0) is 75.1 Å². The summed E-state index contributed by atoms with van der Waals surface area (Å²) in [5, 5.41) is 3.13. The van der Waals surface area contributed by atoms with Crippen LogP contribution in [0, 0.1) is 6.92 Å². The van der Waals surface area contributed by atoms with Gasteiger partial charge in [0.2, 0.25) is 0 Å². The molecule has 4 aromatic rings. The Morgan fingerprint density at radius 3 is 2.59 bits per heavy atom. The van der Waals surface area contributed by atoms with Gasteiger partial charge >= 0.3 is 0 Å². The second-order valence-corrected chi connectivity index (χ2v) is 8.73. The number of aromatic nitrogens is 2. The van der Waals surface area contributed by atoms with Crippen LogP contribution in [-0.4, -0.2) is 22.1 Å². The molecule has 0 aliphatic carbocycles. The fourth-order valence-corrected chi connectivity index (χ4v) is 4.17. The number of unbranched alkanes of at least 4 members (excludes halogenated alkanes) is 1. The lowest BCUT2D eigenvalue weighted by Crippen LogP contribution is -2.28. The Bertz CT molecular complexity index is 1240. The molecular formula is C29H33N3O2. The number of amides is 1.